The first-order valence-electron chi connectivity index (χ1n) is 13.6. The van der Waals surface area contributed by atoms with Gasteiger partial charge in [-0.15, -0.1) is 0 Å². The number of amides is 1. The summed E-state index contributed by atoms with van der Waals surface area (Å²) in [6.45, 7) is 1.69. The van der Waals surface area contributed by atoms with Crippen molar-refractivity contribution in [1.82, 2.24) is 20.2 Å². The lowest BCUT2D eigenvalue weighted by molar-refractivity contribution is -0.137. The number of nitrogens with one attached hydrogen (secondary N) is 2. The van der Waals surface area contributed by atoms with Crippen LogP contribution < -0.4 is 15.5 Å². The first kappa shape index (κ1) is 28.0. The van der Waals surface area contributed by atoms with E-state index in [1.165, 1.54) is 12.1 Å². The van der Waals surface area contributed by atoms with E-state index in [1.807, 2.05) is 11.9 Å². The van der Waals surface area contributed by atoms with Gasteiger partial charge in [0.05, 0.1) is 22.6 Å². The van der Waals surface area contributed by atoms with Gasteiger partial charge < -0.3 is 20.4 Å². The molecule has 0 saturated carbocycles. The number of carbonyl (C=O) groups is 1. The summed E-state index contributed by atoms with van der Waals surface area (Å²) >= 11 is 6.34. The van der Waals surface area contributed by atoms with Crippen molar-refractivity contribution in [3.8, 4) is 11.3 Å². The number of likely N-dealkylation sites (tertiary alicyclic amines) is 1. The van der Waals surface area contributed by atoms with Crippen LogP contribution in [0, 0.1) is 0 Å². The normalized spacial score (nSPS) is 16.5. The van der Waals surface area contributed by atoms with Gasteiger partial charge in [0.25, 0.3) is 5.91 Å². The van der Waals surface area contributed by atoms with Gasteiger partial charge in [0.1, 0.15) is 0 Å². The summed E-state index contributed by atoms with van der Waals surface area (Å²) in [6, 6.07) is 18.1. The summed E-state index contributed by atoms with van der Waals surface area (Å²) in [5.41, 5.74) is 3.25. The molecule has 2 aliphatic heterocycles. The molecule has 3 heterocycles. The predicted octanol–water partition coefficient (Wildman–Crippen LogP) is 6.69. The van der Waals surface area contributed by atoms with Crippen LogP contribution in [-0.2, 0) is 12.6 Å². The van der Waals surface area contributed by atoms with Crippen molar-refractivity contribution >= 4 is 40.5 Å². The average Bonchev–Trinajstić information content (AvgIpc) is 3.41. The lowest BCUT2D eigenvalue weighted by atomic mass is 10.0. The summed E-state index contributed by atoms with van der Waals surface area (Å²) in [7, 11) is 1.90. The van der Waals surface area contributed by atoms with Gasteiger partial charge >= 0.3 is 6.18 Å². The Morgan fingerprint density at radius 3 is 2.55 bits per heavy atom. The summed E-state index contributed by atoms with van der Waals surface area (Å²) < 4.78 is 41.9. The van der Waals surface area contributed by atoms with E-state index in [0.29, 0.717) is 58.2 Å². The molecule has 1 unspecified atom stereocenters. The van der Waals surface area contributed by atoms with Gasteiger partial charge in [-0.25, -0.2) is 9.97 Å². The zero-order chi connectivity index (χ0) is 29.4. The molecule has 11 heteroatoms. The maximum absolute atomic E-state index is 14.0. The van der Waals surface area contributed by atoms with Crippen molar-refractivity contribution in [2.45, 2.75) is 25.1 Å². The highest BCUT2D eigenvalue weighted by molar-refractivity contribution is 6.31. The van der Waals surface area contributed by atoms with E-state index in [1.54, 1.807) is 59.6 Å². The number of likely N-dealkylation sites (N-methyl/N-ethyl adjacent to an activating group) is 1. The van der Waals surface area contributed by atoms with Crippen molar-refractivity contribution in [3.63, 3.8) is 0 Å². The first-order valence-corrected chi connectivity index (χ1v) is 14.0. The largest absolute Gasteiger partial charge is 0.418 e. The van der Waals surface area contributed by atoms with Crippen molar-refractivity contribution in [2.75, 3.05) is 36.9 Å². The second-order valence-electron chi connectivity index (χ2n) is 10.4. The maximum Gasteiger partial charge on any atom is 0.418 e. The van der Waals surface area contributed by atoms with Crippen LogP contribution in [0.1, 0.15) is 27.9 Å². The predicted molar refractivity (Wildman–Crippen MR) is 158 cm³/mol. The molecule has 0 aliphatic carbocycles. The van der Waals surface area contributed by atoms with Crippen LogP contribution >= 0.6 is 11.6 Å². The average molecular weight is 593 g/mol. The molecule has 42 heavy (non-hydrogen) atoms. The van der Waals surface area contributed by atoms with E-state index in [-0.39, 0.29) is 18.1 Å². The second-order valence-corrected chi connectivity index (χ2v) is 10.8. The Kier molecular flexibility index (Phi) is 7.51. The number of fused-ring (bicyclic) bond motifs is 3. The highest BCUT2D eigenvalue weighted by Gasteiger charge is 2.36. The van der Waals surface area contributed by atoms with Gasteiger partial charge in [0, 0.05) is 53.7 Å². The van der Waals surface area contributed by atoms with Gasteiger partial charge in [-0.1, -0.05) is 23.7 Å². The topological polar surface area (TPSA) is 73.4 Å². The SMILES string of the molecule is CNC1CCN(C(=O)c2ccc(Nc3ncc4c(n3)-c3ccc(Cl)cc3N(c3ccccc3C(F)(F)F)CC4)cc2)C1. The zero-order valence-electron chi connectivity index (χ0n) is 22.8. The maximum atomic E-state index is 14.0. The van der Waals surface area contributed by atoms with Crippen molar-refractivity contribution in [2.24, 2.45) is 0 Å². The van der Waals surface area contributed by atoms with Gasteiger partial charge in [0.15, 0.2) is 0 Å². The van der Waals surface area contributed by atoms with Crippen LogP contribution in [0.2, 0.25) is 5.02 Å². The standard InChI is InChI=1S/C31H28ClF3N6O/c1-36-23-13-14-40(18-23)29(42)19-6-9-22(10-7-19)38-30-37-17-20-12-15-41(26-5-3-2-4-25(26)31(33,34)35)27-16-21(32)8-11-24(27)28(20)39-30/h2-11,16-17,23,36H,12-15,18H2,1H3,(H,37,38,39). The molecule has 4 aromatic rings. The Labute approximate surface area is 246 Å². The van der Waals surface area contributed by atoms with E-state index in [2.05, 4.69) is 15.6 Å². The Morgan fingerprint density at radius 2 is 1.81 bits per heavy atom. The molecule has 2 N–H and O–H groups in total. The molecule has 3 aromatic carbocycles. The number of alkyl halides is 3. The number of para-hydroxylation sites is 1. The molecule has 1 saturated heterocycles. The number of hydrogen-bond acceptors (Lipinski definition) is 6. The minimum atomic E-state index is -4.52. The van der Waals surface area contributed by atoms with Crippen LogP contribution in [0.15, 0.2) is 72.9 Å². The van der Waals surface area contributed by atoms with Gasteiger partial charge in [-0.2, -0.15) is 13.2 Å². The number of aromatic nitrogens is 2. The molecule has 1 atom stereocenters. The zero-order valence-corrected chi connectivity index (χ0v) is 23.5. The molecule has 6 rings (SSSR count). The number of hydrogen-bond donors (Lipinski definition) is 2. The summed E-state index contributed by atoms with van der Waals surface area (Å²) in [5, 5.41) is 6.82. The lowest BCUT2D eigenvalue weighted by Crippen LogP contribution is -2.33. The molecule has 7 nitrogen and oxygen atoms in total. The molecule has 0 spiro atoms. The van der Waals surface area contributed by atoms with E-state index < -0.39 is 11.7 Å². The van der Waals surface area contributed by atoms with Gasteiger partial charge in [-0.3, -0.25) is 4.79 Å². The number of nitrogens with zero attached hydrogens (tertiary/aromatic N) is 4. The Hall–Kier alpha value is -4.15. The van der Waals surface area contributed by atoms with Crippen molar-refractivity contribution in [3.05, 3.63) is 94.6 Å². The smallest absolute Gasteiger partial charge is 0.340 e. The van der Waals surface area contributed by atoms with Crippen LogP contribution in [0.4, 0.5) is 36.2 Å². The van der Waals surface area contributed by atoms with Gasteiger partial charge in [-0.05, 0) is 80.1 Å². The fourth-order valence-electron chi connectivity index (χ4n) is 5.55. The number of halogens is 4. The molecule has 1 amide bonds. The quantitative estimate of drug-likeness (QED) is 0.269. The summed E-state index contributed by atoms with van der Waals surface area (Å²) in [6.07, 6.45) is -1.46. The van der Waals surface area contributed by atoms with Gasteiger partial charge in [0.2, 0.25) is 5.95 Å². The highest BCUT2D eigenvalue weighted by atomic mass is 35.5. The fraction of sp³-hybridized carbons (Fsp3) is 0.258. The number of rotatable bonds is 5. The Bertz CT molecular complexity index is 1630. The minimum absolute atomic E-state index is 0.00695. The van der Waals surface area contributed by atoms with E-state index in [0.717, 1.165) is 24.6 Å². The van der Waals surface area contributed by atoms with E-state index in [4.69, 9.17) is 16.6 Å². The molecular formula is C31H28ClF3N6O. The van der Waals surface area contributed by atoms with Crippen molar-refractivity contribution < 1.29 is 18.0 Å². The molecule has 0 radical (unpaired) electrons. The molecule has 2 aliphatic rings. The highest BCUT2D eigenvalue weighted by Crippen LogP contribution is 2.44. The number of carbonyl (C=O) groups excluding carboxylic acids is 1. The van der Waals surface area contributed by atoms with Crippen LogP contribution in [0.25, 0.3) is 11.3 Å². The number of benzene rings is 3. The third kappa shape index (κ3) is 5.52. The third-order valence-corrected chi connectivity index (χ3v) is 7.98. The fourth-order valence-corrected chi connectivity index (χ4v) is 5.72. The molecule has 216 valence electrons. The molecule has 1 aromatic heterocycles. The summed E-state index contributed by atoms with van der Waals surface area (Å²) in [5.74, 6) is 0.321. The third-order valence-electron chi connectivity index (χ3n) is 7.75. The van der Waals surface area contributed by atoms with Crippen molar-refractivity contribution in [1.29, 1.82) is 0 Å². The number of anilines is 4. The lowest BCUT2D eigenvalue weighted by Gasteiger charge is -2.28. The van der Waals surface area contributed by atoms with Crippen LogP contribution in [-0.4, -0.2) is 53.5 Å². The molecule has 1 fully saturated rings. The molecular weight excluding hydrogens is 565 g/mol. The Morgan fingerprint density at radius 1 is 1.02 bits per heavy atom. The Balaban J connectivity index is 1.29. The van der Waals surface area contributed by atoms with E-state index >= 15 is 0 Å². The molecule has 0 bridgehead atoms. The minimum Gasteiger partial charge on any atom is -0.340 e. The van der Waals surface area contributed by atoms with Crippen LogP contribution in [0.3, 0.4) is 0 Å². The monoisotopic (exact) mass is 592 g/mol. The second kappa shape index (κ2) is 11.3. The summed E-state index contributed by atoms with van der Waals surface area (Å²) in [4.78, 5) is 25.7. The van der Waals surface area contributed by atoms with E-state index in [9.17, 15) is 18.0 Å². The van der Waals surface area contributed by atoms with Crippen LogP contribution in [0.5, 0.6) is 0 Å². The first-order chi connectivity index (χ1) is 20.2.